The number of hydrogen-bond acceptors (Lipinski definition) is 3. The van der Waals surface area contributed by atoms with E-state index in [4.69, 9.17) is 0 Å². The van der Waals surface area contributed by atoms with E-state index in [0.29, 0.717) is 5.69 Å². The molecule has 0 heterocycles. The van der Waals surface area contributed by atoms with Crippen molar-refractivity contribution in [2.24, 2.45) is 0 Å². The van der Waals surface area contributed by atoms with Crippen LogP contribution in [0.2, 0.25) is 0 Å². The number of benzene rings is 2. The predicted octanol–water partition coefficient (Wildman–Crippen LogP) is 3.51. The van der Waals surface area contributed by atoms with E-state index in [2.05, 4.69) is 0 Å². The van der Waals surface area contributed by atoms with E-state index in [9.17, 15) is 18.9 Å². The fourth-order valence-corrected chi connectivity index (χ4v) is 1.87. The molecule has 0 aliphatic heterocycles. The van der Waals surface area contributed by atoms with Crippen LogP contribution in [0.1, 0.15) is 5.56 Å². The monoisotopic (exact) mass is 278 g/mol. The van der Waals surface area contributed by atoms with Crippen LogP contribution in [0.5, 0.6) is 0 Å². The third kappa shape index (κ3) is 2.90. The number of nitro groups is 1. The highest BCUT2D eigenvalue weighted by molar-refractivity contribution is 5.47. The number of nitrogens with zero attached hydrogens (tertiary/aromatic N) is 2. The highest BCUT2D eigenvalue weighted by Gasteiger charge is 2.18. The first-order chi connectivity index (χ1) is 9.49. The fourth-order valence-electron chi connectivity index (χ4n) is 1.87. The molecule has 2 rings (SSSR count). The molecule has 0 radical (unpaired) electrons. The lowest BCUT2D eigenvalue weighted by Gasteiger charge is -2.19. The second kappa shape index (κ2) is 5.64. The minimum Gasteiger partial charge on any atom is -0.370 e. The van der Waals surface area contributed by atoms with Gasteiger partial charge in [0.05, 0.1) is 4.92 Å². The van der Waals surface area contributed by atoms with Gasteiger partial charge in [0.25, 0.3) is 0 Å². The van der Waals surface area contributed by atoms with E-state index in [1.54, 1.807) is 24.1 Å². The molecule has 0 saturated carbocycles. The highest BCUT2D eigenvalue weighted by atomic mass is 19.1. The fraction of sp³-hybridized carbons (Fsp3) is 0.143. The first kappa shape index (κ1) is 13.9. The number of hydrogen-bond donors (Lipinski definition) is 0. The van der Waals surface area contributed by atoms with Crippen LogP contribution in [0.25, 0.3) is 0 Å². The van der Waals surface area contributed by atoms with Crippen molar-refractivity contribution in [1.82, 2.24) is 0 Å². The molecular weight excluding hydrogens is 266 g/mol. The Labute approximate surface area is 114 Å². The number of anilines is 1. The smallest absolute Gasteiger partial charge is 0.305 e. The zero-order valence-corrected chi connectivity index (χ0v) is 10.7. The zero-order valence-electron chi connectivity index (χ0n) is 10.7. The zero-order chi connectivity index (χ0) is 14.7. The molecule has 0 fully saturated rings. The van der Waals surface area contributed by atoms with Crippen LogP contribution in [0.4, 0.5) is 20.2 Å². The van der Waals surface area contributed by atoms with Gasteiger partial charge in [-0.1, -0.05) is 12.1 Å². The largest absolute Gasteiger partial charge is 0.370 e. The minimum atomic E-state index is -0.841. The SMILES string of the molecule is CN(Cc1cccc([N+](=O)[O-])c1F)c1ccc(F)cc1. The molecule has 0 bridgehead atoms. The molecule has 2 aromatic rings. The molecule has 0 spiro atoms. The molecule has 0 aliphatic rings. The Morgan fingerprint density at radius 3 is 2.40 bits per heavy atom. The maximum Gasteiger partial charge on any atom is 0.305 e. The Kier molecular flexibility index (Phi) is 3.93. The van der Waals surface area contributed by atoms with Crippen molar-refractivity contribution in [2.75, 3.05) is 11.9 Å². The van der Waals surface area contributed by atoms with Gasteiger partial charge in [0.2, 0.25) is 5.82 Å². The molecule has 4 nitrogen and oxygen atoms in total. The van der Waals surface area contributed by atoms with Crippen LogP contribution in [0.15, 0.2) is 42.5 Å². The van der Waals surface area contributed by atoms with Crippen LogP contribution >= 0.6 is 0 Å². The molecule has 104 valence electrons. The number of nitro benzene ring substituents is 1. The molecule has 0 aliphatic carbocycles. The van der Waals surface area contributed by atoms with Crippen molar-refractivity contribution in [2.45, 2.75) is 6.54 Å². The third-order valence-corrected chi connectivity index (χ3v) is 2.93. The first-order valence-corrected chi connectivity index (χ1v) is 5.87. The average Bonchev–Trinajstić information content (AvgIpc) is 2.41. The standard InChI is InChI=1S/C14H12F2N2O2/c1-17(12-7-5-11(15)6-8-12)9-10-3-2-4-13(14(10)16)18(19)20/h2-8H,9H2,1H3. The molecular formula is C14H12F2N2O2. The van der Waals surface area contributed by atoms with E-state index in [1.165, 1.54) is 24.3 Å². The van der Waals surface area contributed by atoms with Gasteiger partial charge in [-0.25, -0.2) is 4.39 Å². The van der Waals surface area contributed by atoms with Gasteiger partial charge in [0, 0.05) is 30.9 Å². The lowest BCUT2D eigenvalue weighted by molar-refractivity contribution is -0.387. The average molecular weight is 278 g/mol. The summed E-state index contributed by atoms with van der Waals surface area (Å²) in [5.41, 5.74) is 0.360. The highest BCUT2D eigenvalue weighted by Crippen LogP contribution is 2.23. The van der Waals surface area contributed by atoms with Gasteiger partial charge in [-0.3, -0.25) is 10.1 Å². The van der Waals surface area contributed by atoms with E-state index >= 15 is 0 Å². The Hall–Kier alpha value is -2.50. The maximum absolute atomic E-state index is 13.9. The molecule has 2 aromatic carbocycles. The van der Waals surface area contributed by atoms with E-state index in [-0.39, 0.29) is 17.9 Å². The van der Waals surface area contributed by atoms with Crippen molar-refractivity contribution in [1.29, 1.82) is 0 Å². The van der Waals surface area contributed by atoms with Gasteiger partial charge in [0.15, 0.2) is 0 Å². The summed E-state index contributed by atoms with van der Waals surface area (Å²) in [6.07, 6.45) is 0. The van der Waals surface area contributed by atoms with E-state index in [1.807, 2.05) is 0 Å². The lowest BCUT2D eigenvalue weighted by Crippen LogP contribution is -2.17. The van der Waals surface area contributed by atoms with Gasteiger partial charge < -0.3 is 4.90 Å². The predicted molar refractivity (Wildman–Crippen MR) is 71.6 cm³/mol. The summed E-state index contributed by atoms with van der Waals surface area (Å²) in [7, 11) is 1.70. The Bertz CT molecular complexity index is 630. The Morgan fingerprint density at radius 2 is 1.80 bits per heavy atom. The van der Waals surface area contributed by atoms with E-state index < -0.39 is 16.4 Å². The second-order valence-electron chi connectivity index (χ2n) is 4.34. The Morgan fingerprint density at radius 1 is 1.15 bits per heavy atom. The molecule has 0 saturated heterocycles. The first-order valence-electron chi connectivity index (χ1n) is 5.87. The molecule has 0 amide bonds. The molecule has 0 unspecified atom stereocenters. The summed E-state index contributed by atoms with van der Waals surface area (Å²) in [5.74, 6) is -1.20. The maximum atomic E-state index is 13.9. The summed E-state index contributed by atoms with van der Waals surface area (Å²) in [6.45, 7) is 0.152. The summed E-state index contributed by atoms with van der Waals surface area (Å²) < 4.78 is 26.8. The number of rotatable bonds is 4. The second-order valence-corrected chi connectivity index (χ2v) is 4.34. The summed E-state index contributed by atoms with van der Waals surface area (Å²) in [6, 6.07) is 9.77. The van der Waals surface area contributed by atoms with Crippen molar-refractivity contribution < 1.29 is 13.7 Å². The summed E-state index contributed by atoms with van der Waals surface area (Å²) >= 11 is 0. The van der Waals surface area contributed by atoms with Crippen LogP contribution < -0.4 is 4.90 Å². The third-order valence-electron chi connectivity index (χ3n) is 2.93. The van der Waals surface area contributed by atoms with Gasteiger partial charge in [-0.15, -0.1) is 0 Å². The van der Waals surface area contributed by atoms with Gasteiger partial charge in [0.1, 0.15) is 5.82 Å². The molecule has 0 aromatic heterocycles. The summed E-state index contributed by atoms with van der Waals surface area (Å²) in [4.78, 5) is 11.6. The van der Waals surface area contributed by atoms with Crippen LogP contribution in [0.3, 0.4) is 0 Å². The van der Waals surface area contributed by atoms with Gasteiger partial charge >= 0.3 is 5.69 Å². The minimum absolute atomic E-state index is 0.152. The summed E-state index contributed by atoms with van der Waals surface area (Å²) in [5, 5.41) is 10.7. The van der Waals surface area contributed by atoms with E-state index in [0.717, 1.165) is 6.07 Å². The topological polar surface area (TPSA) is 46.4 Å². The van der Waals surface area contributed by atoms with Crippen LogP contribution in [-0.4, -0.2) is 12.0 Å². The van der Waals surface area contributed by atoms with Crippen molar-refractivity contribution in [3.05, 3.63) is 69.8 Å². The molecule has 0 N–H and O–H groups in total. The van der Waals surface area contributed by atoms with Crippen molar-refractivity contribution in [3.8, 4) is 0 Å². The van der Waals surface area contributed by atoms with Gasteiger partial charge in [-0.05, 0) is 24.3 Å². The van der Waals surface area contributed by atoms with Gasteiger partial charge in [-0.2, -0.15) is 4.39 Å². The lowest BCUT2D eigenvalue weighted by atomic mass is 10.1. The number of halogens is 2. The van der Waals surface area contributed by atoms with Crippen molar-refractivity contribution >= 4 is 11.4 Å². The molecule has 6 heteroatoms. The van der Waals surface area contributed by atoms with Crippen molar-refractivity contribution in [3.63, 3.8) is 0 Å². The quantitative estimate of drug-likeness (QED) is 0.635. The van der Waals surface area contributed by atoms with Crippen LogP contribution in [-0.2, 0) is 6.54 Å². The Balaban J connectivity index is 2.23. The van der Waals surface area contributed by atoms with Crippen LogP contribution in [0, 0.1) is 21.7 Å². The molecule has 0 atom stereocenters. The molecule has 20 heavy (non-hydrogen) atoms. The normalized spacial score (nSPS) is 10.3.